The molecule has 172 valence electrons. The van der Waals surface area contributed by atoms with Gasteiger partial charge in [0.25, 0.3) is 11.8 Å². The highest BCUT2D eigenvalue weighted by Crippen LogP contribution is 2.25. The number of carbonyl (C=O) groups excluding carboxylic acids is 2. The summed E-state index contributed by atoms with van der Waals surface area (Å²) in [5, 5.41) is 13.7. The van der Waals surface area contributed by atoms with Crippen molar-refractivity contribution in [3.05, 3.63) is 35.7 Å². The number of hydrogen-bond acceptors (Lipinski definition) is 7. The van der Waals surface area contributed by atoms with Gasteiger partial charge in [-0.15, -0.1) is 5.10 Å². The second-order valence-corrected chi connectivity index (χ2v) is 7.85. The Balaban J connectivity index is 1.46. The zero-order valence-corrected chi connectivity index (χ0v) is 18.2. The van der Waals surface area contributed by atoms with E-state index in [0.29, 0.717) is 36.8 Å². The van der Waals surface area contributed by atoms with Gasteiger partial charge < -0.3 is 24.8 Å². The molecule has 10 nitrogen and oxygen atoms in total. The van der Waals surface area contributed by atoms with Gasteiger partial charge in [0.1, 0.15) is 18.0 Å². The van der Waals surface area contributed by atoms with E-state index < -0.39 is 0 Å². The second kappa shape index (κ2) is 10.6. The summed E-state index contributed by atoms with van der Waals surface area (Å²) in [6.07, 6.45) is 6.37. The molecule has 1 aliphatic heterocycles. The first-order valence-corrected chi connectivity index (χ1v) is 11.2. The monoisotopic (exact) mass is 443 g/mol. The van der Waals surface area contributed by atoms with Crippen molar-refractivity contribution < 1.29 is 23.8 Å². The van der Waals surface area contributed by atoms with E-state index in [-0.39, 0.29) is 36.4 Å². The minimum absolute atomic E-state index is 0.196. The van der Waals surface area contributed by atoms with Crippen LogP contribution in [-0.4, -0.2) is 65.5 Å². The molecule has 1 unspecified atom stereocenters. The van der Waals surface area contributed by atoms with Crippen LogP contribution in [0, 0.1) is 0 Å². The van der Waals surface area contributed by atoms with Gasteiger partial charge in [-0.2, -0.15) is 0 Å². The first-order valence-electron chi connectivity index (χ1n) is 11.2. The predicted molar refractivity (Wildman–Crippen MR) is 115 cm³/mol. The Kier molecular flexibility index (Phi) is 7.33. The number of amides is 2. The quantitative estimate of drug-likeness (QED) is 0.538. The molecule has 1 atom stereocenters. The molecule has 2 heterocycles. The normalized spacial score (nSPS) is 18.2. The fourth-order valence-corrected chi connectivity index (χ4v) is 3.37. The maximum atomic E-state index is 12.3. The molecule has 2 amide bonds. The van der Waals surface area contributed by atoms with Crippen molar-refractivity contribution in [2.75, 3.05) is 26.4 Å². The zero-order valence-electron chi connectivity index (χ0n) is 18.2. The first kappa shape index (κ1) is 22.2. The van der Waals surface area contributed by atoms with Crippen molar-refractivity contribution in [2.24, 2.45) is 0 Å². The van der Waals surface area contributed by atoms with E-state index in [9.17, 15) is 9.59 Å². The summed E-state index contributed by atoms with van der Waals surface area (Å²) in [6.45, 7) is 3.72. The highest BCUT2D eigenvalue weighted by molar-refractivity contribution is 5.95. The van der Waals surface area contributed by atoms with E-state index in [1.54, 1.807) is 24.4 Å². The van der Waals surface area contributed by atoms with Crippen molar-refractivity contribution in [1.82, 2.24) is 25.6 Å². The van der Waals surface area contributed by atoms with Crippen molar-refractivity contribution >= 4 is 11.8 Å². The number of hydrogen-bond donors (Lipinski definition) is 2. The first-order chi connectivity index (χ1) is 15.6. The lowest BCUT2D eigenvalue weighted by molar-refractivity contribution is -0.165. The highest BCUT2D eigenvalue weighted by Gasteiger charge is 2.25. The maximum Gasteiger partial charge on any atom is 0.273 e. The average Bonchev–Trinajstić information content (AvgIpc) is 3.49. The standard InChI is InChI=1S/C22H29N5O5/c1-2-23-21(28)15-6-9-18(27-14-17(25-26-27)22(29)24-16-7-8-16)19(13-15)30-11-12-32-20-5-3-4-10-31-20/h6,9,13-14,16,20H,2-5,7-8,10-12H2,1H3,(H,23,28)(H,24,29). The molecule has 32 heavy (non-hydrogen) atoms. The van der Waals surface area contributed by atoms with E-state index in [1.807, 2.05) is 6.92 Å². The Morgan fingerprint density at radius 3 is 2.81 bits per heavy atom. The SMILES string of the molecule is CCNC(=O)c1ccc(-n2cc(C(=O)NC3CC3)nn2)c(OCCOC2CCCCO2)c1. The third kappa shape index (κ3) is 5.83. The number of nitrogens with zero attached hydrogens (tertiary/aromatic N) is 3. The molecule has 1 aromatic carbocycles. The molecule has 1 aliphatic carbocycles. The summed E-state index contributed by atoms with van der Waals surface area (Å²) in [6, 6.07) is 5.30. The summed E-state index contributed by atoms with van der Waals surface area (Å²) in [7, 11) is 0. The highest BCUT2D eigenvalue weighted by atomic mass is 16.7. The molecule has 2 aliphatic rings. The van der Waals surface area contributed by atoms with Gasteiger partial charge in [-0.3, -0.25) is 9.59 Å². The lowest BCUT2D eigenvalue weighted by Crippen LogP contribution is -2.25. The second-order valence-electron chi connectivity index (χ2n) is 7.85. The number of benzene rings is 1. The lowest BCUT2D eigenvalue weighted by atomic mass is 10.1. The van der Waals surface area contributed by atoms with Crippen molar-refractivity contribution in [3.63, 3.8) is 0 Å². The van der Waals surface area contributed by atoms with E-state index in [2.05, 4.69) is 20.9 Å². The van der Waals surface area contributed by atoms with Gasteiger partial charge in [-0.25, -0.2) is 4.68 Å². The molecule has 2 N–H and O–H groups in total. The summed E-state index contributed by atoms with van der Waals surface area (Å²) < 4.78 is 18.7. The van der Waals surface area contributed by atoms with Crippen LogP contribution in [0.2, 0.25) is 0 Å². The minimum Gasteiger partial charge on any atom is -0.489 e. The van der Waals surface area contributed by atoms with Crippen LogP contribution in [0.3, 0.4) is 0 Å². The van der Waals surface area contributed by atoms with E-state index in [0.717, 1.165) is 32.1 Å². The molecular formula is C22H29N5O5. The molecule has 1 saturated carbocycles. The maximum absolute atomic E-state index is 12.3. The Bertz CT molecular complexity index is 937. The Morgan fingerprint density at radius 2 is 2.06 bits per heavy atom. The van der Waals surface area contributed by atoms with Gasteiger partial charge in [-0.1, -0.05) is 5.21 Å². The molecule has 0 radical (unpaired) electrons. The molecule has 2 aromatic rings. The number of ether oxygens (including phenoxy) is 3. The minimum atomic E-state index is -0.249. The van der Waals surface area contributed by atoms with Gasteiger partial charge in [0.05, 0.1) is 12.8 Å². The van der Waals surface area contributed by atoms with Crippen LogP contribution in [-0.2, 0) is 9.47 Å². The molecular weight excluding hydrogens is 414 g/mol. The molecule has 10 heteroatoms. The fraction of sp³-hybridized carbons (Fsp3) is 0.545. The topological polar surface area (TPSA) is 117 Å². The van der Waals surface area contributed by atoms with Crippen LogP contribution >= 0.6 is 0 Å². The Labute approximate surface area is 186 Å². The Hall–Kier alpha value is -2.98. The molecule has 1 aromatic heterocycles. The van der Waals surface area contributed by atoms with Crippen LogP contribution in [0.25, 0.3) is 5.69 Å². The summed E-state index contributed by atoms with van der Waals surface area (Å²) in [4.78, 5) is 24.5. The van der Waals surface area contributed by atoms with E-state index in [1.165, 1.54) is 4.68 Å². The van der Waals surface area contributed by atoms with Crippen molar-refractivity contribution in [3.8, 4) is 11.4 Å². The van der Waals surface area contributed by atoms with Crippen LogP contribution in [0.4, 0.5) is 0 Å². The number of carbonyl (C=O) groups is 2. The number of rotatable bonds is 10. The van der Waals surface area contributed by atoms with E-state index in [4.69, 9.17) is 14.2 Å². The third-order valence-corrected chi connectivity index (χ3v) is 5.23. The number of aromatic nitrogens is 3. The predicted octanol–water partition coefficient (Wildman–Crippen LogP) is 1.83. The Morgan fingerprint density at radius 1 is 1.19 bits per heavy atom. The average molecular weight is 444 g/mol. The largest absolute Gasteiger partial charge is 0.489 e. The summed E-state index contributed by atoms with van der Waals surface area (Å²) in [5.74, 6) is 0.000793. The van der Waals surface area contributed by atoms with Gasteiger partial charge in [-0.05, 0) is 57.2 Å². The molecule has 0 spiro atoms. The van der Waals surface area contributed by atoms with Gasteiger partial charge >= 0.3 is 0 Å². The summed E-state index contributed by atoms with van der Waals surface area (Å²) in [5.41, 5.74) is 1.27. The lowest BCUT2D eigenvalue weighted by Gasteiger charge is -2.22. The van der Waals surface area contributed by atoms with Crippen LogP contribution in [0.15, 0.2) is 24.4 Å². The molecule has 1 saturated heterocycles. The third-order valence-electron chi connectivity index (χ3n) is 5.23. The smallest absolute Gasteiger partial charge is 0.273 e. The number of nitrogens with one attached hydrogen (secondary N) is 2. The molecule has 0 bridgehead atoms. The zero-order chi connectivity index (χ0) is 22.3. The van der Waals surface area contributed by atoms with Crippen molar-refractivity contribution in [2.45, 2.75) is 51.4 Å². The fourth-order valence-electron chi connectivity index (χ4n) is 3.37. The van der Waals surface area contributed by atoms with Crippen molar-refractivity contribution in [1.29, 1.82) is 0 Å². The van der Waals surface area contributed by atoms with Gasteiger partial charge in [0.2, 0.25) is 0 Å². The van der Waals surface area contributed by atoms with Crippen LogP contribution in [0.5, 0.6) is 5.75 Å². The van der Waals surface area contributed by atoms with Crippen LogP contribution < -0.4 is 15.4 Å². The van der Waals surface area contributed by atoms with Gasteiger partial charge in [0, 0.05) is 24.8 Å². The molecule has 4 rings (SSSR count). The van der Waals surface area contributed by atoms with Crippen LogP contribution in [0.1, 0.15) is 59.9 Å². The summed E-state index contributed by atoms with van der Waals surface area (Å²) >= 11 is 0. The molecule has 2 fully saturated rings. The van der Waals surface area contributed by atoms with E-state index >= 15 is 0 Å². The van der Waals surface area contributed by atoms with Gasteiger partial charge in [0.15, 0.2) is 12.0 Å².